The molecule has 0 spiro atoms. The van der Waals surface area contributed by atoms with Gasteiger partial charge in [-0.1, -0.05) is 46.9 Å². The molecule has 7 nitrogen and oxygen atoms in total. The molecule has 0 unspecified atom stereocenters. The van der Waals surface area contributed by atoms with Crippen molar-refractivity contribution < 1.29 is 13.2 Å². The maximum Gasteiger partial charge on any atom is 0.260 e. The van der Waals surface area contributed by atoms with Crippen LogP contribution in [0.2, 0.25) is 15.1 Å². The number of amides is 1. The van der Waals surface area contributed by atoms with Crippen LogP contribution in [0.5, 0.6) is 0 Å². The smallest absolute Gasteiger partial charge is 0.260 e. The van der Waals surface area contributed by atoms with E-state index in [0.29, 0.717) is 15.1 Å². The molecule has 0 saturated heterocycles. The molecule has 0 aliphatic carbocycles. The quantitative estimate of drug-likeness (QED) is 0.348. The molecule has 3 aromatic rings. The number of aryl methyl sites for hydroxylation is 1. The summed E-state index contributed by atoms with van der Waals surface area (Å²) in [7, 11) is -3.72. The van der Waals surface area contributed by atoms with E-state index in [1.807, 2.05) is 36.6 Å². The molecule has 174 valence electrons. The lowest BCUT2D eigenvalue weighted by atomic mass is 10.2. The van der Waals surface area contributed by atoms with Crippen molar-refractivity contribution in [1.29, 1.82) is 0 Å². The van der Waals surface area contributed by atoms with Crippen LogP contribution in [-0.2, 0) is 14.8 Å². The molecule has 33 heavy (non-hydrogen) atoms. The van der Waals surface area contributed by atoms with Crippen molar-refractivity contribution in [3.8, 4) is 5.69 Å². The van der Waals surface area contributed by atoms with Crippen molar-refractivity contribution in [2.75, 3.05) is 17.1 Å². The largest absolute Gasteiger partial charge is 0.316 e. The number of sulfonamides is 1. The number of rotatable bonds is 7. The SMILES string of the molecule is Cc1cc(/C=N\NC(=O)CN(c2cccc(Cl)c2)S(C)(=O)=O)c(C)n1-c1cccc(Cl)c1Cl. The molecule has 0 atom stereocenters. The molecule has 3 rings (SSSR count). The molecule has 0 fully saturated rings. The minimum Gasteiger partial charge on any atom is -0.316 e. The Labute approximate surface area is 207 Å². The summed E-state index contributed by atoms with van der Waals surface area (Å²) in [6, 6.07) is 13.5. The van der Waals surface area contributed by atoms with Gasteiger partial charge in [0.05, 0.1) is 33.9 Å². The maximum atomic E-state index is 12.4. The molecule has 1 heterocycles. The summed E-state index contributed by atoms with van der Waals surface area (Å²) in [5.41, 5.74) is 5.87. The normalized spacial score (nSPS) is 11.7. The van der Waals surface area contributed by atoms with Gasteiger partial charge in [-0.05, 0) is 50.2 Å². The molecule has 0 bridgehead atoms. The van der Waals surface area contributed by atoms with Crippen LogP contribution in [-0.4, -0.2) is 37.9 Å². The van der Waals surface area contributed by atoms with Gasteiger partial charge < -0.3 is 4.57 Å². The lowest BCUT2D eigenvalue weighted by Crippen LogP contribution is -2.39. The predicted molar refractivity (Wildman–Crippen MR) is 135 cm³/mol. The van der Waals surface area contributed by atoms with E-state index in [0.717, 1.165) is 33.2 Å². The molecule has 1 N–H and O–H groups in total. The van der Waals surface area contributed by atoms with E-state index in [4.69, 9.17) is 34.8 Å². The molecule has 11 heteroatoms. The minimum atomic E-state index is -3.72. The first-order valence-electron chi connectivity index (χ1n) is 9.67. The topological polar surface area (TPSA) is 83.8 Å². The summed E-state index contributed by atoms with van der Waals surface area (Å²) >= 11 is 18.5. The number of aromatic nitrogens is 1. The molecule has 0 aliphatic rings. The van der Waals surface area contributed by atoms with Gasteiger partial charge in [-0.15, -0.1) is 0 Å². The maximum absolute atomic E-state index is 12.4. The van der Waals surface area contributed by atoms with E-state index in [9.17, 15) is 13.2 Å². The monoisotopic (exact) mass is 526 g/mol. The first-order chi connectivity index (χ1) is 15.5. The van der Waals surface area contributed by atoms with E-state index in [1.54, 1.807) is 24.3 Å². The number of anilines is 1. The second kappa shape index (κ2) is 10.2. The third-order valence-corrected chi connectivity index (χ3v) is 7.00. The Morgan fingerprint density at radius 2 is 1.82 bits per heavy atom. The van der Waals surface area contributed by atoms with Gasteiger partial charge in [0.25, 0.3) is 5.91 Å². The lowest BCUT2D eigenvalue weighted by molar-refractivity contribution is -0.119. The molecule has 1 amide bonds. The van der Waals surface area contributed by atoms with Crippen LogP contribution >= 0.6 is 34.8 Å². The molecular weight excluding hydrogens is 507 g/mol. The Morgan fingerprint density at radius 3 is 2.48 bits per heavy atom. The van der Waals surface area contributed by atoms with Crippen molar-refractivity contribution >= 4 is 62.6 Å². The highest BCUT2D eigenvalue weighted by Gasteiger charge is 2.21. The molecule has 1 aromatic heterocycles. The van der Waals surface area contributed by atoms with Crippen LogP contribution < -0.4 is 9.73 Å². The zero-order chi connectivity index (χ0) is 24.3. The van der Waals surface area contributed by atoms with Crippen molar-refractivity contribution in [2.24, 2.45) is 5.10 Å². The van der Waals surface area contributed by atoms with Gasteiger partial charge in [-0.25, -0.2) is 13.8 Å². The van der Waals surface area contributed by atoms with E-state index in [2.05, 4.69) is 10.5 Å². The number of hydrogen-bond donors (Lipinski definition) is 1. The van der Waals surface area contributed by atoms with Crippen LogP contribution in [0.3, 0.4) is 0 Å². The highest BCUT2D eigenvalue weighted by Crippen LogP contribution is 2.31. The van der Waals surface area contributed by atoms with Crippen LogP contribution in [0.4, 0.5) is 5.69 Å². The Hall–Kier alpha value is -2.52. The molecule has 2 aromatic carbocycles. The molecule has 0 aliphatic heterocycles. The van der Waals surface area contributed by atoms with Gasteiger partial charge in [0.2, 0.25) is 10.0 Å². The fourth-order valence-electron chi connectivity index (χ4n) is 3.33. The number of hydrazone groups is 1. The number of nitrogens with one attached hydrogen (secondary N) is 1. The Bertz CT molecular complexity index is 1340. The fraction of sp³-hybridized carbons (Fsp3) is 0.182. The number of carbonyl (C=O) groups excluding carboxylic acids is 1. The van der Waals surface area contributed by atoms with Crippen molar-refractivity contribution in [3.05, 3.63) is 80.6 Å². The summed E-state index contributed by atoms with van der Waals surface area (Å²) in [6.45, 7) is 3.35. The highest BCUT2D eigenvalue weighted by molar-refractivity contribution is 7.92. The Balaban J connectivity index is 1.77. The minimum absolute atomic E-state index is 0.283. The first-order valence-corrected chi connectivity index (χ1v) is 12.7. The van der Waals surface area contributed by atoms with Gasteiger partial charge in [-0.3, -0.25) is 9.10 Å². The molecule has 0 saturated carbocycles. The highest BCUT2D eigenvalue weighted by atomic mass is 35.5. The van der Waals surface area contributed by atoms with Gasteiger partial charge in [0.15, 0.2) is 0 Å². The average Bonchev–Trinajstić information content (AvgIpc) is 3.01. The summed E-state index contributed by atoms with van der Waals surface area (Å²) < 4.78 is 27.3. The van der Waals surface area contributed by atoms with Crippen molar-refractivity contribution in [3.63, 3.8) is 0 Å². The fourth-order valence-corrected chi connectivity index (χ4v) is 4.74. The third-order valence-electron chi connectivity index (χ3n) is 4.82. The number of carbonyl (C=O) groups is 1. The number of benzene rings is 2. The van der Waals surface area contributed by atoms with Crippen molar-refractivity contribution in [1.82, 2.24) is 9.99 Å². The predicted octanol–water partition coefficient (Wildman–Crippen LogP) is 4.97. The van der Waals surface area contributed by atoms with Crippen LogP contribution in [0.25, 0.3) is 5.69 Å². The van der Waals surface area contributed by atoms with E-state index in [-0.39, 0.29) is 5.69 Å². The second-order valence-electron chi connectivity index (χ2n) is 7.28. The van der Waals surface area contributed by atoms with Gasteiger partial charge in [0.1, 0.15) is 6.54 Å². The Morgan fingerprint density at radius 1 is 1.12 bits per heavy atom. The van der Waals surface area contributed by atoms with E-state index >= 15 is 0 Å². The second-order valence-corrected chi connectivity index (χ2v) is 10.4. The molecular formula is C22H21Cl3N4O3S. The van der Waals surface area contributed by atoms with Crippen LogP contribution in [0.15, 0.2) is 53.6 Å². The van der Waals surface area contributed by atoms with E-state index < -0.39 is 22.5 Å². The number of hydrogen-bond acceptors (Lipinski definition) is 4. The van der Waals surface area contributed by atoms with Gasteiger partial charge in [0, 0.05) is 22.0 Å². The summed E-state index contributed by atoms with van der Waals surface area (Å²) in [5.74, 6) is -0.608. The van der Waals surface area contributed by atoms with Gasteiger partial charge in [-0.2, -0.15) is 5.10 Å². The Kier molecular flexibility index (Phi) is 7.74. The summed E-state index contributed by atoms with van der Waals surface area (Å²) in [5, 5.41) is 5.22. The lowest BCUT2D eigenvalue weighted by Gasteiger charge is -2.21. The standard InChI is InChI=1S/C22H21Cl3N4O3S/c1-14-10-16(15(2)29(14)20-9-5-8-19(24)22(20)25)12-26-27-21(30)13-28(33(3,31)32)18-7-4-6-17(23)11-18/h4-12H,13H2,1-3H3,(H,27,30)/b26-12-. The van der Waals surface area contributed by atoms with Crippen LogP contribution in [0, 0.1) is 13.8 Å². The average molecular weight is 528 g/mol. The van der Waals surface area contributed by atoms with E-state index in [1.165, 1.54) is 12.3 Å². The van der Waals surface area contributed by atoms with Crippen molar-refractivity contribution in [2.45, 2.75) is 13.8 Å². The number of halogens is 3. The third kappa shape index (κ3) is 5.89. The summed E-state index contributed by atoms with van der Waals surface area (Å²) in [6.07, 6.45) is 2.50. The summed E-state index contributed by atoms with van der Waals surface area (Å²) in [4.78, 5) is 12.4. The first kappa shape index (κ1) is 25.1. The number of nitrogens with zero attached hydrogens (tertiary/aromatic N) is 3. The zero-order valence-electron chi connectivity index (χ0n) is 18.0. The zero-order valence-corrected chi connectivity index (χ0v) is 21.1. The van der Waals surface area contributed by atoms with Crippen LogP contribution in [0.1, 0.15) is 17.0 Å². The van der Waals surface area contributed by atoms with Gasteiger partial charge >= 0.3 is 0 Å². The molecule has 0 radical (unpaired) electrons.